The molecule has 0 aliphatic carbocycles. The molecule has 2 N–H and O–H groups in total. The molecule has 1 aromatic heterocycles. The third kappa shape index (κ3) is 5.94. The molecule has 2 aromatic rings. The van der Waals surface area contributed by atoms with E-state index in [9.17, 15) is 9.59 Å². The molecule has 0 radical (unpaired) electrons. The van der Waals surface area contributed by atoms with Gasteiger partial charge in [-0.25, -0.2) is 0 Å². The number of anilines is 1. The number of rotatable bonds is 7. The van der Waals surface area contributed by atoms with Crippen LogP contribution >= 0.6 is 11.8 Å². The van der Waals surface area contributed by atoms with E-state index in [1.165, 1.54) is 17.3 Å². The van der Waals surface area contributed by atoms with Gasteiger partial charge in [0.25, 0.3) is 0 Å². The predicted octanol–water partition coefficient (Wildman–Crippen LogP) is 2.98. The molecular formula is C18H23N3O3S. The quantitative estimate of drug-likeness (QED) is 0.792. The second-order valence-electron chi connectivity index (χ2n) is 5.97. The Bertz CT molecular complexity index is 758. The Kier molecular flexibility index (Phi) is 6.64. The lowest BCUT2D eigenvalue weighted by molar-refractivity contribution is -0.118. The van der Waals surface area contributed by atoms with Crippen LogP contribution in [0.5, 0.6) is 0 Å². The van der Waals surface area contributed by atoms with Gasteiger partial charge in [-0.05, 0) is 38.8 Å². The van der Waals surface area contributed by atoms with Crippen molar-refractivity contribution in [2.45, 2.75) is 39.5 Å². The summed E-state index contributed by atoms with van der Waals surface area (Å²) >= 11 is 1.28. The van der Waals surface area contributed by atoms with Crippen molar-refractivity contribution in [3.05, 3.63) is 46.7 Å². The fourth-order valence-electron chi connectivity index (χ4n) is 2.22. The minimum absolute atomic E-state index is 0.0955. The maximum Gasteiger partial charge on any atom is 0.238 e. The SMILES string of the molecule is Cc1ccc(CNC(=O)CSC(C)C(=O)Nc2cc(C)on2)c(C)c1. The molecule has 2 amide bonds. The van der Waals surface area contributed by atoms with Gasteiger partial charge in [0.1, 0.15) is 5.76 Å². The first-order chi connectivity index (χ1) is 11.8. The summed E-state index contributed by atoms with van der Waals surface area (Å²) in [5, 5.41) is 8.89. The van der Waals surface area contributed by atoms with Crippen LogP contribution in [0.4, 0.5) is 5.82 Å². The molecule has 6 nitrogen and oxygen atoms in total. The first-order valence-corrected chi connectivity index (χ1v) is 9.08. The molecule has 25 heavy (non-hydrogen) atoms. The van der Waals surface area contributed by atoms with Gasteiger partial charge in [-0.1, -0.05) is 28.9 Å². The molecule has 1 unspecified atom stereocenters. The summed E-state index contributed by atoms with van der Waals surface area (Å²) in [6, 6.07) is 7.79. The molecule has 0 bridgehead atoms. The van der Waals surface area contributed by atoms with Crippen LogP contribution in [0.25, 0.3) is 0 Å². The van der Waals surface area contributed by atoms with Crippen molar-refractivity contribution in [3.63, 3.8) is 0 Å². The number of thioether (sulfide) groups is 1. The maximum absolute atomic E-state index is 12.0. The van der Waals surface area contributed by atoms with Crippen molar-refractivity contribution in [2.24, 2.45) is 0 Å². The smallest absolute Gasteiger partial charge is 0.238 e. The van der Waals surface area contributed by atoms with E-state index < -0.39 is 0 Å². The second kappa shape index (κ2) is 8.71. The highest BCUT2D eigenvalue weighted by Gasteiger charge is 2.16. The van der Waals surface area contributed by atoms with Gasteiger partial charge in [0, 0.05) is 12.6 Å². The van der Waals surface area contributed by atoms with Crippen LogP contribution in [-0.4, -0.2) is 28.0 Å². The van der Waals surface area contributed by atoms with Crippen molar-refractivity contribution < 1.29 is 14.1 Å². The number of aromatic nitrogens is 1. The van der Waals surface area contributed by atoms with E-state index >= 15 is 0 Å². The third-order valence-electron chi connectivity index (χ3n) is 3.69. The van der Waals surface area contributed by atoms with Gasteiger partial charge in [-0.15, -0.1) is 11.8 Å². The highest BCUT2D eigenvalue weighted by Crippen LogP contribution is 2.14. The summed E-state index contributed by atoms with van der Waals surface area (Å²) in [7, 11) is 0. The van der Waals surface area contributed by atoms with Crippen LogP contribution in [0.3, 0.4) is 0 Å². The first kappa shape index (κ1) is 19.1. The minimum Gasteiger partial charge on any atom is -0.360 e. The van der Waals surface area contributed by atoms with Crippen molar-refractivity contribution in [1.82, 2.24) is 10.5 Å². The van der Waals surface area contributed by atoms with E-state index in [2.05, 4.69) is 21.9 Å². The van der Waals surface area contributed by atoms with Crippen LogP contribution in [0.15, 0.2) is 28.8 Å². The molecule has 0 saturated carbocycles. The van der Waals surface area contributed by atoms with Gasteiger partial charge in [-0.2, -0.15) is 0 Å². The van der Waals surface area contributed by atoms with Crippen LogP contribution in [0, 0.1) is 20.8 Å². The lowest BCUT2D eigenvalue weighted by atomic mass is 10.1. The molecule has 1 aromatic carbocycles. The van der Waals surface area contributed by atoms with E-state index in [1.54, 1.807) is 19.9 Å². The average molecular weight is 361 g/mol. The largest absolute Gasteiger partial charge is 0.360 e. The lowest BCUT2D eigenvalue weighted by Gasteiger charge is -2.11. The normalized spacial score (nSPS) is 11.8. The highest BCUT2D eigenvalue weighted by molar-refractivity contribution is 8.01. The molecule has 0 aliphatic heterocycles. The highest BCUT2D eigenvalue weighted by atomic mass is 32.2. The Balaban J connectivity index is 1.74. The molecule has 0 saturated heterocycles. The van der Waals surface area contributed by atoms with Gasteiger partial charge >= 0.3 is 0 Å². The fourth-order valence-corrected chi connectivity index (χ4v) is 2.93. The maximum atomic E-state index is 12.0. The molecule has 7 heteroatoms. The van der Waals surface area contributed by atoms with E-state index in [0.29, 0.717) is 18.1 Å². The summed E-state index contributed by atoms with van der Waals surface area (Å²) in [6.45, 7) is 8.07. The Hall–Kier alpha value is -2.28. The monoisotopic (exact) mass is 361 g/mol. The summed E-state index contributed by atoms with van der Waals surface area (Å²) in [5.41, 5.74) is 3.45. The molecule has 0 fully saturated rings. The van der Waals surface area contributed by atoms with Crippen LogP contribution in [0.1, 0.15) is 29.4 Å². The van der Waals surface area contributed by atoms with Gasteiger partial charge < -0.3 is 15.2 Å². The van der Waals surface area contributed by atoms with Crippen LogP contribution in [-0.2, 0) is 16.1 Å². The van der Waals surface area contributed by atoms with E-state index in [1.807, 2.05) is 26.0 Å². The Morgan fingerprint density at radius 2 is 2.00 bits per heavy atom. The van der Waals surface area contributed by atoms with Crippen molar-refractivity contribution in [3.8, 4) is 0 Å². The zero-order valence-electron chi connectivity index (χ0n) is 14.9. The predicted molar refractivity (Wildman–Crippen MR) is 99.6 cm³/mol. The van der Waals surface area contributed by atoms with Crippen molar-refractivity contribution in [2.75, 3.05) is 11.1 Å². The average Bonchev–Trinajstić information content (AvgIpc) is 2.96. The number of benzene rings is 1. The topological polar surface area (TPSA) is 84.2 Å². The van der Waals surface area contributed by atoms with E-state index in [0.717, 1.165) is 11.1 Å². The molecule has 1 heterocycles. The van der Waals surface area contributed by atoms with E-state index in [-0.39, 0.29) is 22.8 Å². The number of amides is 2. The third-order valence-corrected chi connectivity index (χ3v) is 4.83. The number of carbonyl (C=O) groups excluding carboxylic acids is 2. The molecule has 0 spiro atoms. The van der Waals surface area contributed by atoms with Gasteiger partial charge in [0.15, 0.2) is 5.82 Å². The Morgan fingerprint density at radius 1 is 1.24 bits per heavy atom. The lowest BCUT2D eigenvalue weighted by Crippen LogP contribution is -2.28. The van der Waals surface area contributed by atoms with Gasteiger partial charge in [-0.3, -0.25) is 9.59 Å². The first-order valence-electron chi connectivity index (χ1n) is 8.04. The van der Waals surface area contributed by atoms with E-state index in [4.69, 9.17) is 4.52 Å². The molecule has 1 atom stereocenters. The van der Waals surface area contributed by atoms with Crippen molar-refractivity contribution >= 4 is 29.4 Å². The number of hydrogen-bond acceptors (Lipinski definition) is 5. The standard InChI is InChI=1S/C18H23N3O3S/c1-11-5-6-15(12(2)7-11)9-19-17(22)10-25-14(4)18(23)20-16-8-13(3)24-21-16/h5-8,14H,9-10H2,1-4H3,(H,19,22)(H,20,21,23). The number of nitrogens with one attached hydrogen (secondary N) is 2. The number of hydrogen-bond donors (Lipinski definition) is 2. The zero-order chi connectivity index (χ0) is 18.4. The number of carbonyl (C=O) groups is 2. The molecule has 134 valence electrons. The Morgan fingerprint density at radius 3 is 2.64 bits per heavy atom. The fraction of sp³-hybridized carbons (Fsp3) is 0.389. The van der Waals surface area contributed by atoms with Crippen molar-refractivity contribution in [1.29, 1.82) is 0 Å². The molecule has 0 aliphatic rings. The van der Waals surface area contributed by atoms with Crippen LogP contribution < -0.4 is 10.6 Å². The summed E-state index contributed by atoms with van der Waals surface area (Å²) < 4.78 is 4.90. The summed E-state index contributed by atoms with van der Waals surface area (Å²) in [4.78, 5) is 24.0. The van der Waals surface area contributed by atoms with Crippen LogP contribution in [0.2, 0.25) is 0 Å². The number of aryl methyl sites for hydroxylation is 3. The minimum atomic E-state index is -0.371. The number of nitrogens with zero attached hydrogens (tertiary/aromatic N) is 1. The summed E-state index contributed by atoms with van der Waals surface area (Å²) in [5.74, 6) is 0.926. The second-order valence-corrected chi connectivity index (χ2v) is 7.30. The zero-order valence-corrected chi connectivity index (χ0v) is 15.7. The summed E-state index contributed by atoms with van der Waals surface area (Å²) in [6.07, 6.45) is 0. The van der Waals surface area contributed by atoms with Gasteiger partial charge in [0.2, 0.25) is 11.8 Å². The Labute approximate surface area is 151 Å². The molecular weight excluding hydrogens is 338 g/mol. The molecule has 2 rings (SSSR count). The van der Waals surface area contributed by atoms with Gasteiger partial charge in [0.05, 0.1) is 11.0 Å².